The summed E-state index contributed by atoms with van der Waals surface area (Å²) < 4.78 is 2.27. The molecule has 0 atom stereocenters. The van der Waals surface area contributed by atoms with E-state index in [0.29, 0.717) is 0 Å². The lowest BCUT2D eigenvalue weighted by Crippen LogP contribution is -2.24. The molecule has 3 heteroatoms. The molecule has 0 amide bonds. The Morgan fingerprint density at radius 1 is 1.11 bits per heavy atom. The third-order valence-corrected chi connectivity index (χ3v) is 4.14. The largest absolute Gasteiger partial charge is 0.311 e. The van der Waals surface area contributed by atoms with Crippen LogP contribution in [-0.4, -0.2) is 16.1 Å². The number of nitrogens with zero attached hydrogens (tertiary/aromatic N) is 2. The van der Waals surface area contributed by atoms with Crippen LogP contribution in [0.2, 0.25) is 0 Å². The zero-order valence-electron chi connectivity index (χ0n) is 10.4. The fraction of sp³-hybridized carbons (Fsp3) is 0.400. The second kappa shape index (κ2) is 3.95. The van der Waals surface area contributed by atoms with Gasteiger partial charge in [0.2, 0.25) is 0 Å². The molecule has 1 N–H and O–H groups in total. The van der Waals surface area contributed by atoms with Gasteiger partial charge in [0.05, 0.1) is 12.0 Å². The maximum absolute atomic E-state index is 4.53. The van der Waals surface area contributed by atoms with Gasteiger partial charge in [-0.25, -0.2) is 4.98 Å². The van der Waals surface area contributed by atoms with Crippen LogP contribution in [0.4, 0.5) is 0 Å². The molecule has 92 valence electrons. The SMILES string of the molecule is c1cc2c(cc1-n1cnc3c1CCNC3)CCC2. The zero-order valence-corrected chi connectivity index (χ0v) is 10.4. The molecule has 1 aliphatic heterocycles. The molecule has 2 heterocycles. The number of aryl methyl sites for hydroxylation is 2. The zero-order chi connectivity index (χ0) is 11.9. The first-order valence-corrected chi connectivity index (χ1v) is 6.80. The highest BCUT2D eigenvalue weighted by atomic mass is 15.1. The van der Waals surface area contributed by atoms with E-state index >= 15 is 0 Å². The predicted molar refractivity (Wildman–Crippen MR) is 71.0 cm³/mol. The third-order valence-electron chi connectivity index (χ3n) is 4.14. The first-order chi connectivity index (χ1) is 8.92. The van der Waals surface area contributed by atoms with Gasteiger partial charge in [0.1, 0.15) is 0 Å². The summed E-state index contributed by atoms with van der Waals surface area (Å²) >= 11 is 0. The number of rotatable bonds is 1. The summed E-state index contributed by atoms with van der Waals surface area (Å²) in [6.07, 6.45) is 6.86. The quantitative estimate of drug-likeness (QED) is 0.825. The van der Waals surface area contributed by atoms with Crippen LogP contribution in [0, 0.1) is 0 Å². The molecular formula is C15H17N3. The lowest BCUT2D eigenvalue weighted by Gasteiger charge is -2.15. The predicted octanol–water partition coefficient (Wildman–Crippen LogP) is 2.01. The fourth-order valence-electron chi connectivity index (χ4n) is 3.17. The maximum atomic E-state index is 4.53. The van der Waals surface area contributed by atoms with E-state index in [1.165, 1.54) is 47.5 Å². The number of hydrogen-bond donors (Lipinski definition) is 1. The molecule has 0 bridgehead atoms. The Balaban J connectivity index is 1.81. The highest BCUT2D eigenvalue weighted by Gasteiger charge is 2.17. The van der Waals surface area contributed by atoms with Gasteiger partial charge in [-0.1, -0.05) is 6.07 Å². The molecule has 0 saturated heterocycles. The minimum atomic E-state index is 0.910. The second-order valence-corrected chi connectivity index (χ2v) is 5.24. The number of nitrogens with one attached hydrogen (secondary N) is 1. The smallest absolute Gasteiger partial charge is 0.0998 e. The van der Waals surface area contributed by atoms with E-state index in [1.807, 2.05) is 6.33 Å². The fourth-order valence-corrected chi connectivity index (χ4v) is 3.17. The van der Waals surface area contributed by atoms with Crippen molar-refractivity contribution in [2.75, 3.05) is 6.54 Å². The standard InChI is InChI=1S/C15H17N3/c1-2-11-4-5-13(8-12(11)3-1)18-10-17-14-9-16-7-6-15(14)18/h4-5,8,10,16H,1-3,6-7,9H2. The highest BCUT2D eigenvalue weighted by molar-refractivity contribution is 5.44. The molecule has 18 heavy (non-hydrogen) atoms. The average molecular weight is 239 g/mol. The molecular weight excluding hydrogens is 222 g/mol. The molecule has 0 saturated carbocycles. The van der Waals surface area contributed by atoms with Crippen molar-refractivity contribution in [2.45, 2.75) is 32.2 Å². The number of imidazole rings is 1. The Morgan fingerprint density at radius 3 is 3.06 bits per heavy atom. The number of aromatic nitrogens is 2. The maximum Gasteiger partial charge on any atom is 0.0998 e. The molecule has 4 rings (SSSR count). The topological polar surface area (TPSA) is 29.9 Å². The summed E-state index contributed by atoms with van der Waals surface area (Å²) in [5.74, 6) is 0. The Labute approximate surface area is 107 Å². The minimum absolute atomic E-state index is 0.910. The van der Waals surface area contributed by atoms with Crippen LogP contribution < -0.4 is 5.32 Å². The number of fused-ring (bicyclic) bond motifs is 2. The first kappa shape index (κ1) is 10.3. The van der Waals surface area contributed by atoms with Crippen molar-refractivity contribution in [2.24, 2.45) is 0 Å². The van der Waals surface area contributed by atoms with E-state index in [-0.39, 0.29) is 0 Å². The van der Waals surface area contributed by atoms with Gasteiger partial charge >= 0.3 is 0 Å². The van der Waals surface area contributed by atoms with Gasteiger partial charge in [-0.2, -0.15) is 0 Å². The van der Waals surface area contributed by atoms with Crippen molar-refractivity contribution < 1.29 is 0 Å². The van der Waals surface area contributed by atoms with E-state index in [9.17, 15) is 0 Å². The van der Waals surface area contributed by atoms with E-state index in [1.54, 1.807) is 0 Å². The van der Waals surface area contributed by atoms with Crippen molar-refractivity contribution in [3.63, 3.8) is 0 Å². The minimum Gasteiger partial charge on any atom is -0.311 e. The molecule has 2 aliphatic rings. The van der Waals surface area contributed by atoms with Crippen LogP contribution in [-0.2, 0) is 25.8 Å². The van der Waals surface area contributed by atoms with Gasteiger partial charge in [0, 0.05) is 30.9 Å². The molecule has 2 aromatic rings. The van der Waals surface area contributed by atoms with Gasteiger partial charge in [0.25, 0.3) is 0 Å². The van der Waals surface area contributed by atoms with Gasteiger partial charge in [0.15, 0.2) is 0 Å². The van der Waals surface area contributed by atoms with Crippen LogP contribution >= 0.6 is 0 Å². The summed E-state index contributed by atoms with van der Waals surface area (Å²) in [7, 11) is 0. The molecule has 1 aromatic heterocycles. The van der Waals surface area contributed by atoms with Gasteiger partial charge < -0.3 is 9.88 Å². The van der Waals surface area contributed by atoms with E-state index in [0.717, 1.165) is 19.5 Å². The van der Waals surface area contributed by atoms with E-state index < -0.39 is 0 Å². The summed E-state index contributed by atoms with van der Waals surface area (Å²) in [5, 5.41) is 3.37. The molecule has 0 radical (unpaired) electrons. The van der Waals surface area contributed by atoms with Crippen molar-refractivity contribution >= 4 is 0 Å². The number of benzene rings is 1. The van der Waals surface area contributed by atoms with E-state index in [4.69, 9.17) is 0 Å². The van der Waals surface area contributed by atoms with Crippen LogP contribution in [0.1, 0.15) is 28.9 Å². The van der Waals surface area contributed by atoms with Crippen molar-refractivity contribution in [1.29, 1.82) is 0 Å². The Hall–Kier alpha value is -1.61. The first-order valence-electron chi connectivity index (χ1n) is 6.80. The molecule has 0 unspecified atom stereocenters. The Bertz CT molecular complexity index is 598. The van der Waals surface area contributed by atoms with Gasteiger partial charge in [-0.3, -0.25) is 0 Å². The summed E-state index contributed by atoms with van der Waals surface area (Å²) in [5.41, 5.74) is 6.94. The molecule has 3 nitrogen and oxygen atoms in total. The summed E-state index contributed by atoms with van der Waals surface area (Å²) in [6, 6.07) is 6.89. The molecule has 0 fully saturated rings. The molecule has 1 aliphatic carbocycles. The summed E-state index contributed by atoms with van der Waals surface area (Å²) in [6.45, 7) is 1.97. The van der Waals surface area contributed by atoms with Crippen molar-refractivity contribution in [3.8, 4) is 5.69 Å². The Kier molecular flexibility index (Phi) is 2.27. The summed E-state index contributed by atoms with van der Waals surface area (Å²) in [4.78, 5) is 4.53. The van der Waals surface area contributed by atoms with Gasteiger partial charge in [-0.05, 0) is 42.5 Å². The Morgan fingerprint density at radius 2 is 2.06 bits per heavy atom. The molecule has 1 aromatic carbocycles. The second-order valence-electron chi connectivity index (χ2n) is 5.24. The highest BCUT2D eigenvalue weighted by Crippen LogP contribution is 2.26. The van der Waals surface area contributed by atoms with Crippen LogP contribution in [0.15, 0.2) is 24.5 Å². The van der Waals surface area contributed by atoms with Crippen molar-refractivity contribution in [1.82, 2.24) is 14.9 Å². The van der Waals surface area contributed by atoms with Crippen LogP contribution in [0.5, 0.6) is 0 Å². The third kappa shape index (κ3) is 1.51. The molecule has 0 spiro atoms. The monoisotopic (exact) mass is 239 g/mol. The lowest BCUT2D eigenvalue weighted by molar-refractivity contribution is 0.620. The van der Waals surface area contributed by atoms with E-state index in [2.05, 4.69) is 33.1 Å². The van der Waals surface area contributed by atoms with Gasteiger partial charge in [-0.15, -0.1) is 0 Å². The van der Waals surface area contributed by atoms with Crippen LogP contribution in [0.25, 0.3) is 5.69 Å². The lowest BCUT2D eigenvalue weighted by atomic mass is 10.1. The average Bonchev–Trinajstić information content (AvgIpc) is 3.04. The normalized spacial score (nSPS) is 17.6. The van der Waals surface area contributed by atoms with Crippen molar-refractivity contribution in [3.05, 3.63) is 47.0 Å². The van der Waals surface area contributed by atoms with Crippen LogP contribution in [0.3, 0.4) is 0 Å². The number of hydrogen-bond acceptors (Lipinski definition) is 2.